The number of nitrogens with zero attached hydrogens (tertiary/aromatic N) is 1. The summed E-state index contributed by atoms with van der Waals surface area (Å²) < 4.78 is 26.2. The maximum absolute atomic E-state index is 12.4. The van der Waals surface area contributed by atoms with Gasteiger partial charge in [0.25, 0.3) is 0 Å². The van der Waals surface area contributed by atoms with Crippen molar-refractivity contribution in [2.75, 3.05) is 31.9 Å². The lowest BCUT2D eigenvalue weighted by Gasteiger charge is -2.32. The standard InChI is InChI=1S/C13H27N3O3S/c1-12(2,3)15-11(17)13(4,5)10-20(18,19)16-8-6-14-7-9-16/h14H,6-10H2,1-5H3,(H,15,17). The number of rotatable bonds is 4. The van der Waals surface area contributed by atoms with E-state index in [4.69, 9.17) is 0 Å². The fourth-order valence-corrected chi connectivity index (χ4v) is 4.01. The first kappa shape index (κ1) is 17.4. The molecule has 0 aromatic rings. The lowest BCUT2D eigenvalue weighted by atomic mass is 9.93. The molecule has 0 saturated carbocycles. The van der Waals surface area contributed by atoms with Crippen molar-refractivity contribution in [3.05, 3.63) is 0 Å². The van der Waals surface area contributed by atoms with Crippen LogP contribution in [0.25, 0.3) is 0 Å². The number of sulfonamides is 1. The normalized spacial score (nSPS) is 18.9. The summed E-state index contributed by atoms with van der Waals surface area (Å²) in [5.41, 5.74) is -1.32. The van der Waals surface area contributed by atoms with Crippen LogP contribution in [-0.2, 0) is 14.8 Å². The van der Waals surface area contributed by atoms with Crippen LogP contribution in [0.5, 0.6) is 0 Å². The van der Waals surface area contributed by atoms with Gasteiger partial charge >= 0.3 is 0 Å². The summed E-state index contributed by atoms with van der Waals surface area (Å²) in [5.74, 6) is -0.397. The summed E-state index contributed by atoms with van der Waals surface area (Å²) in [7, 11) is -3.41. The summed E-state index contributed by atoms with van der Waals surface area (Å²) in [4.78, 5) is 12.2. The Morgan fingerprint density at radius 2 is 1.65 bits per heavy atom. The fourth-order valence-electron chi connectivity index (χ4n) is 2.05. The Balaban J connectivity index is 2.75. The molecule has 0 spiro atoms. The molecule has 7 heteroatoms. The minimum Gasteiger partial charge on any atom is -0.351 e. The molecular weight excluding hydrogens is 278 g/mol. The molecule has 0 atom stereocenters. The third-order valence-electron chi connectivity index (χ3n) is 3.12. The van der Waals surface area contributed by atoms with Crippen LogP contribution in [0.15, 0.2) is 0 Å². The smallest absolute Gasteiger partial charge is 0.227 e. The highest BCUT2D eigenvalue weighted by atomic mass is 32.2. The van der Waals surface area contributed by atoms with Gasteiger partial charge in [-0.3, -0.25) is 4.79 Å². The Hall–Kier alpha value is -0.660. The number of piperazine rings is 1. The fraction of sp³-hybridized carbons (Fsp3) is 0.923. The largest absolute Gasteiger partial charge is 0.351 e. The van der Waals surface area contributed by atoms with Crippen LogP contribution in [0.4, 0.5) is 0 Å². The molecule has 2 N–H and O–H groups in total. The van der Waals surface area contributed by atoms with E-state index >= 15 is 0 Å². The third-order valence-corrected chi connectivity index (χ3v) is 5.35. The molecule has 1 amide bonds. The lowest BCUT2D eigenvalue weighted by molar-refractivity contribution is -0.129. The molecule has 1 aliphatic rings. The Kier molecular flexibility index (Phi) is 5.21. The molecule has 20 heavy (non-hydrogen) atoms. The number of carbonyl (C=O) groups is 1. The van der Waals surface area contributed by atoms with E-state index in [-0.39, 0.29) is 17.2 Å². The highest BCUT2D eigenvalue weighted by Crippen LogP contribution is 2.22. The zero-order chi connectivity index (χ0) is 15.6. The third kappa shape index (κ3) is 5.03. The van der Waals surface area contributed by atoms with Gasteiger partial charge < -0.3 is 10.6 Å². The van der Waals surface area contributed by atoms with Gasteiger partial charge in [0.1, 0.15) is 0 Å². The van der Waals surface area contributed by atoms with E-state index in [0.29, 0.717) is 26.2 Å². The van der Waals surface area contributed by atoms with E-state index in [1.54, 1.807) is 13.8 Å². The van der Waals surface area contributed by atoms with Crippen LogP contribution < -0.4 is 10.6 Å². The molecule has 0 aliphatic carbocycles. The summed E-state index contributed by atoms with van der Waals surface area (Å²) in [5, 5.41) is 5.97. The van der Waals surface area contributed by atoms with Gasteiger partial charge in [0, 0.05) is 31.7 Å². The van der Waals surface area contributed by atoms with Crippen LogP contribution in [0.2, 0.25) is 0 Å². The zero-order valence-corrected chi connectivity index (χ0v) is 13.9. The van der Waals surface area contributed by atoms with Gasteiger partial charge in [0.2, 0.25) is 15.9 Å². The van der Waals surface area contributed by atoms with E-state index in [0.717, 1.165) is 0 Å². The first-order valence-corrected chi connectivity index (χ1v) is 8.56. The molecule has 1 fully saturated rings. The van der Waals surface area contributed by atoms with Crippen molar-refractivity contribution in [2.45, 2.75) is 40.2 Å². The Morgan fingerprint density at radius 3 is 2.10 bits per heavy atom. The van der Waals surface area contributed by atoms with Crippen LogP contribution in [0.1, 0.15) is 34.6 Å². The van der Waals surface area contributed by atoms with Crippen LogP contribution in [0.3, 0.4) is 0 Å². The Morgan fingerprint density at radius 1 is 1.15 bits per heavy atom. The summed E-state index contributed by atoms with van der Waals surface area (Å²) in [6.45, 7) is 11.3. The van der Waals surface area contributed by atoms with E-state index in [9.17, 15) is 13.2 Å². The van der Waals surface area contributed by atoms with Crippen molar-refractivity contribution in [1.29, 1.82) is 0 Å². The Labute approximate surface area is 122 Å². The molecule has 0 unspecified atom stereocenters. The average molecular weight is 305 g/mol. The maximum Gasteiger partial charge on any atom is 0.227 e. The monoisotopic (exact) mass is 305 g/mol. The van der Waals surface area contributed by atoms with E-state index in [1.165, 1.54) is 4.31 Å². The van der Waals surface area contributed by atoms with Gasteiger partial charge in [0.05, 0.1) is 11.2 Å². The second-order valence-electron chi connectivity index (χ2n) is 6.99. The molecule has 1 rings (SSSR count). The number of amides is 1. The SMILES string of the molecule is CC(C)(C)NC(=O)C(C)(C)CS(=O)(=O)N1CCNCC1. The van der Waals surface area contributed by atoms with Crippen LogP contribution in [0, 0.1) is 5.41 Å². The molecule has 0 aromatic heterocycles. The number of hydrogen-bond acceptors (Lipinski definition) is 4. The molecule has 1 saturated heterocycles. The van der Waals surface area contributed by atoms with Crippen molar-refractivity contribution >= 4 is 15.9 Å². The van der Waals surface area contributed by atoms with E-state index in [2.05, 4.69) is 10.6 Å². The molecule has 1 heterocycles. The second kappa shape index (κ2) is 5.99. The van der Waals surface area contributed by atoms with E-state index in [1.807, 2.05) is 20.8 Å². The first-order chi connectivity index (χ1) is 8.94. The van der Waals surface area contributed by atoms with Gasteiger partial charge in [-0.2, -0.15) is 4.31 Å². The number of nitrogens with one attached hydrogen (secondary N) is 2. The molecule has 6 nitrogen and oxygen atoms in total. The minimum atomic E-state index is -3.41. The van der Waals surface area contributed by atoms with Gasteiger partial charge in [-0.15, -0.1) is 0 Å². The van der Waals surface area contributed by atoms with Crippen molar-refractivity contribution in [3.8, 4) is 0 Å². The summed E-state index contributed by atoms with van der Waals surface area (Å²) >= 11 is 0. The van der Waals surface area contributed by atoms with Gasteiger partial charge in [-0.1, -0.05) is 0 Å². The van der Waals surface area contributed by atoms with Crippen molar-refractivity contribution in [2.24, 2.45) is 5.41 Å². The topological polar surface area (TPSA) is 78.5 Å². The molecule has 0 bridgehead atoms. The second-order valence-corrected chi connectivity index (χ2v) is 8.96. The first-order valence-electron chi connectivity index (χ1n) is 6.95. The number of carbonyl (C=O) groups excluding carboxylic acids is 1. The van der Waals surface area contributed by atoms with Gasteiger partial charge in [-0.05, 0) is 34.6 Å². The van der Waals surface area contributed by atoms with Crippen LogP contribution in [-0.4, -0.2) is 56.1 Å². The molecule has 0 aromatic carbocycles. The molecular formula is C13H27N3O3S. The minimum absolute atomic E-state index is 0.165. The van der Waals surface area contributed by atoms with Gasteiger partial charge in [0.15, 0.2) is 0 Å². The zero-order valence-electron chi connectivity index (χ0n) is 13.1. The highest BCUT2D eigenvalue weighted by Gasteiger charge is 2.37. The highest BCUT2D eigenvalue weighted by molar-refractivity contribution is 7.89. The molecule has 118 valence electrons. The average Bonchev–Trinajstić information content (AvgIpc) is 2.26. The predicted octanol–water partition coefficient (Wildman–Crippen LogP) is 0.162. The van der Waals surface area contributed by atoms with Gasteiger partial charge in [-0.25, -0.2) is 8.42 Å². The molecule has 1 aliphatic heterocycles. The summed E-state index contributed by atoms with van der Waals surface area (Å²) in [6, 6.07) is 0. The maximum atomic E-state index is 12.4. The van der Waals surface area contributed by atoms with Crippen molar-refractivity contribution < 1.29 is 13.2 Å². The lowest BCUT2D eigenvalue weighted by Crippen LogP contribution is -2.53. The van der Waals surface area contributed by atoms with Crippen molar-refractivity contribution in [3.63, 3.8) is 0 Å². The quantitative estimate of drug-likeness (QED) is 0.776. The van der Waals surface area contributed by atoms with E-state index < -0.39 is 15.4 Å². The Bertz CT molecular complexity index is 446. The van der Waals surface area contributed by atoms with Crippen molar-refractivity contribution in [1.82, 2.24) is 14.9 Å². The molecule has 0 radical (unpaired) electrons. The van der Waals surface area contributed by atoms with Crippen LogP contribution >= 0.6 is 0 Å². The summed E-state index contributed by atoms with van der Waals surface area (Å²) in [6.07, 6.45) is 0. The number of hydrogen-bond donors (Lipinski definition) is 2. The predicted molar refractivity (Wildman–Crippen MR) is 79.9 cm³/mol.